The van der Waals surface area contributed by atoms with Gasteiger partial charge in [-0.15, -0.1) is 0 Å². The maximum atomic E-state index is 13.4. The molecular formula is C15H20FNO2. The smallest absolute Gasteiger partial charge is 0.123 e. The molecule has 104 valence electrons. The van der Waals surface area contributed by atoms with E-state index in [1.54, 1.807) is 6.07 Å². The van der Waals surface area contributed by atoms with Gasteiger partial charge in [-0.25, -0.2) is 4.39 Å². The summed E-state index contributed by atoms with van der Waals surface area (Å²) < 4.78 is 13.4. The van der Waals surface area contributed by atoms with Crippen LogP contribution in [-0.2, 0) is 6.42 Å². The lowest BCUT2D eigenvalue weighted by Crippen LogP contribution is -2.46. The number of fused-ring (bicyclic) bond motifs is 1. The molecule has 1 aliphatic carbocycles. The van der Waals surface area contributed by atoms with Crippen LogP contribution in [0.5, 0.6) is 0 Å². The third kappa shape index (κ3) is 2.40. The number of likely N-dealkylation sites (tertiary alicyclic amines) is 1. The molecule has 2 aliphatic rings. The first-order valence-electron chi connectivity index (χ1n) is 7.00. The lowest BCUT2D eigenvalue weighted by molar-refractivity contribution is -0.0167. The number of aliphatic hydroxyl groups is 2. The Morgan fingerprint density at radius 3 is 2.89 bits per heavy atom. The maximum Gasteiger partial charge on any atom is 0.123 e. The van der Waals surface area contributed by atoms with E-state index in [1.165, 1.54) is 11.6 Å². The number of halogens is 1. The Balaban J connectivity index is 1.77. The predicted octanol–water partition coefficient (Wildman–Crippen LogP) is 1.49. The molecule has 1 aliphatic heterocycles. The summed E-state index contributed by atoms with van der Waals surface area (Å²) >= 11 is 0. The van der Waals surface area contributed by atoms with Gasteiger partial charge in [0.05, 0.1) is 6.10 Å². The monoisotopic (exact) mass is 265 g/mol. The zero-order valence-corrected chi connectivity index (χ0v) is 10.9. The van der Waals surface area contributed by atoms with Gasteiger partial charge in [-0.2, -0.15) is 0 Å². The molecule has 1 heterocycles. The number of hydrogen-bond donors (Lipinski definition) is 2. The second kappa shape index (κ2) is 5.19. The minimum absolute atomic E-state index is 0.00960. The summed E-state index contributed by atoms with van der Waals surface area (Å²) in [5, 5.41) is 19.2. The molecule has 1 aromatic carbocycles. The lowest BCUT2D eigenvalue weighted by atomic mass is 9.93. The van der Waals surface area contributed by atoms with E-state index in [2.05, 4.69) is 4.90 Å². The van der Waals surface area contributed by atoms with Gasteiger partial charge in [-0.05, 0) is 49.1 Å². The molecule has 1 saturated heterocycles. The zero-order valence-electron chi connectivity index (χ0n) is 10.9. The first kappa shape index (κ1) is 13.0. The van der Waals surface area contributed by atoms with Crippen molar-refractivity contribution in [1.29, 1.82) is 0 Å². The highest BCUT2D eigenvalue weighted by molar-refractivity contribution is 5.35. The average molecular weight is 265 g/mol. The van der Waals surface area contributed by atoms with Crippen molar-refractivity contribution in [1.82, 2.24) is 4.90 Å². The van der Waals surface area contributed by atoms with Crippen LogP contribution >= 0.6 is 0 Å². The molecule has 3 atom stereocenters. The molecule has 0 bridgehead atoms. The van der Waals surface area contributed by atoms with Crippen LogP contribution in [0.4, 0.5) is 4.39 Å². The number of aryl methyl sites for hydroxylation is 1. The fraction of sp³-hybridized carbons (Fsp3) is 0.600. The molecule has 1 fully saturated rings. The summed E-state index contributed by atoms with van der Waals surface area (Å²) in [7, 11) is 0. The van der Waals surface area contributed by atoms with Crippen LogP contribution in [0.25, 0.3) is 0 Å². The second-order valence-corrected chi connectivity index (χ2v) is 5.69. The summed E-state index contributed by atoms with van der Waals surface area (Å²) in [5.41, 5.74) is 2.31. The van der Waals surface area contributed by atoms with E-state index in [1.807, 2.05) is 6.07 Å². The Morgan fingerprint density at radius 2 is 2.16 bits per heavy atom. The van der Waals surface area contributed by atoms with Crippen LogP contribution in [0, 0.1) is 11.7 Å². The van der Waals surface area contributed by atoms with Crippen molar-refractivity contribution in [3.05, 3.63) is 35.1 Å². The molecule has 0 amide bonds. The van der Waals surface area contributed by atoms with Gasteiger partial charge in [0, 0.05) is 25.1 Å². The van der Waals surface area contributed by atoms with E-state index >= 15 is 0 Å². The van der Waals surface area contributed by atoms with Crippen LogP contribution in [0.3, 0.4) is 0 Å². The van der Waals surface area contributed by atoms with Gasteiger partial charge in [0.15, 0.2) is 0 Å². The van der Waals surface area contributed by atoms with Crippen molar-refractivity contribution in [3.63, 3.8) is 0 Å². The topological polar surface area (TPSA) is 43.7 Å². The lowest BCUT2D eigenvalue weighted by Gasteiger charge is -2.38. The molecule has 4 heteroatoms. The molecular weight excluding hydrogens is 245 g/mol. The van der Waals surface area contributed by atoms with E-state index in [9.17, 15) is 14.6 Å². The number of nitrogens with zero attached hydrogens (tertiary/aromatic N) is 1. The van der Waals surface area contributed by atoms with Crippen molar-refractivity contribution >= 4 is 0 Å². The van der Waals surface area contributed by atoms with Gasteiger partial charge in [0.1, 0.15) is 5.82 Å². The van der Waals surface area contributed by atoms with Crippen LogP contribution < -0.4 is 0 Å². The van der Waals surface area contributed by atoms with Crippen molar-refractivity contribution in [2.75, 3.05) is 19.7 Å². The third-order valence-electron chi connectivity index (χ3n) is 4.58. The minimum atomic E-state index is -0.476. The molecule has 0 aromatic heterocycles. The van der Waals surface area contributed by atoms with Gasteiger partial charge >= 0.3 is 0 Å². The largest absolute Gasteiger partial charge is 0.396 e. The highest BCUT2D eigenvalue weighted by atomic mass is 19.1. The fourth-order valence-electron chi connectivity index (χ4n) is 3.43. The average Bonchev–Trinajstić information content (AvgIpc) is 2.81. The summed E-state index contributed by atoms with van der Waals surface area (Å²) in [6.45, 7) is 1.49. The first-order chi connectivity index (χ1) is 9.19. The predicted molar refractivity (Wildman–Crippen MR) is 70.2 cm³/mol. The first-order valence-corrected chi connectivity index (χ1v) is 7.00. The second-order valence-electron chi connectivity index (χ2n) is 5.69. The fourth-order valence-corrected chi connectivity index (χ4v) is 3.43. The van der Waals surface area contributed by atoms with Crippen molar-refractivity contribution in [2.24, 2.45) is 5.92 Å². The number of rotatable bonds is 2. The Hall–Kier alpha value is -0.970. The summed E-state index contributed by atoms with van der Waals surface area (Å²) in [6, 6.07) is 5.26. The normalized spacial score (nSPS) is 31.4. The minimum Gasteiger partial charge on any atom is -0.396 e. The summed E-state index contributed by atoms with van der Waals surface area (Å²) in [5.74, 6) is -0.193. The van der Waals surface area contributed by atoms with Crippen molar-refractivity contribution in [3.8, 4) is 0 Å². The quantitative estimate of drug-likeness (QED) is 0.851. The molecule has 2 N–H and O–H groups in total. The van der Waals surface area contributed by atoms with Gasteiger partial charge in [-0.3, -0.25) is 4.90 Å². The molecule has 19 heavy (non-hydrogen) atoms. The SMILES string of the molecule is OCC1CCN(C2CCc3ccc(F)cc32)CC1O. The highest BCUT2D eigenvalue weighted by Crippen LogP contribution is 2.38. The number of benzene rings is 1. The summed E-state index contributed by atoms with van der Waals surface area (Å²) in [4.78, 5) is 2.24. The van der Waals surface area contributed by atoms with Gasteiger partial charge in [0.25, 0.3) is 0 Å². The van der Waals surface area contributed by atoms with Crippen molar-refractivity contribution < 1.29 is 14.6 Å². The third-order valence-corrected chi connectivity index (χ3v) is 4.58. The molecule has 3 unspecified atom stereocenters. The maximum absolute atomic E-state index is 13.4. The van der Waals surface area contributed by atoms with E-state index in [-0.39, 0.29) is 24.4 Å². The molecule has 3 nitrogen and oxygen atoms in total. The van der Waals surface area contributed by atoms with E-state index in [0.717, 1.165) is 31.4 Å². The zero-order chi connectivity index (χ0) is 13.4. The number of hydrogen-bond acceptors (Lipinski definition) is 3. The summed E-state index contributed by atoms with van der Waals surface area (Å²) in [6.07, 6.45) is 2.31. The van der Waals surface area contributed by atoms with Crippen LogP contribution in [0.15, 0.2) is 18.2 Å². The number of aliphatic hydroxyl groups excluding tert-OH is 2. The standard InChI is InChI=1S/C15H20FNO2/c16-12-3-1-10-2-4-14(13(10)7-12)17-6-5-11(9-18)15(19)8-17/h1,3,7,11,14-15,18-19H,2,4-6,8-9H2. The molecule has 0 saturated carbocycles. The molecule has 1 aromatic rings. The van der Waals surface area contributed by atoms with Gasteiger partial charge in [0.2, 0.25) is 0 Å². The van der Waals surface area contributed by atoms with Gasteiger partial charge in [-0.1, -0.05) is 6.07 Å². The highest BCUT2D eigenvalue weighted by Gasteiger charge is 2.34. The van der Waals surface area contributed by atoms with E-state index in [4.69, 9.17) is 0 Å². The van der Waals surface area contributed by atoms with E-state index in [0.29, 0.717) is 6.54 Å². The van der Waals surface area contributed by atoms with Crippen molar-refractivity contribution in [2.45, 2.75) is 31.4 Å². The Kier molecular flexibility index (Phi) is 3.56. The Morgan fingerprint density at radius 1 is 1.32 bits per heavy atom. The Bertz CT molecular complexity index is 465. The van der Waals surface area contributed by atoms with Crippen LogP contribution in [0.1, 0.15) is 30.0 Å². The van der Waals surface area contributed by atoms with Crippen LogP contribution in [0.2, 0.25) is 0 Å². The molecule has 3 rings (SSSR count). The van der Waals surface area contributed by atoms with Gasteiger partial charge < -0.3 is 10.2 Å². The Labute approximate surface area is 112 Å². The van der Waals surface area contributed by atoms with E-state index < -0.39 is 6.10 Å². The molecule has 0 radical (unpaired) electrons. The van der Waals surface area contributed by atoms with Crippen LogP contribution in [-0.4, -0.2) is 40.9 Å². The number of β-amino-alcohol motifs (C(OH)–C–C–N with tert-alkyl or cyclic N) is 1. The molecule has 0 spiro atoms. The number of piperidine rings is 1.